The number of benzene rings is 3. The molecule has 26 heavy (non-hydrogen) atoms. The Labute approximate surface area is 148 Å². The number of nitrogens with zero attached hydrogens (tertiary/aromatic N) is 2. The summed E-state index contributed by atoms with van der Waals surface area (Å²) >= 11 is 0. The van der Waals surface area contributed by atoms with Crippen molar-refractivity contribution in [2.45, 2.75) is 0 Å². The summed E-state index contributed by atoms with van der Waals surface area (Å²) in [6.07, 6.45) is 1.64. The first-order valence-corrected chi connectivity index (χ1v) is 7.86. The molecular formula is C20H12N2O4. The van der Waals surface area contributed by atoms with Crippen LogP contribution in [0.5, 0.6) is 0 Å². The summed E-state index contributed by atoms with van der Waals surface area (Å²) in [5.41, 5.74) is 1.27. The van der Waals surface area contributed by atoms with Crippen molar-refractivity contribution in [3.8, 4) is 0 Å². The number of hydrogen-bond acceptors (Lipinski definition) is 5. The first-order chi connectivity index (χ1) is 12.6. The van der Waals surface area contributed by atoms with Crippen LogP contribution in [0, 0.1) is 10.1 Å². The minimum Gasteiger partial charge on any atom is -0.402 e. The molecule has 0 N–H and O–H groups in total. The molecule has 0 aliphatic carbocycles. The molecule has 1 aliphatic heterocycles. The minimum atomic E-state index is -0.584. The lowest BCUT2D eigenvalue weighted by atomic mass is 10.1. The fraction of sp³-hybridized carbons (Fsp3) is 0. The molecule has 0 saturated carbocycles. The molecule has 0 atom stereocenters. The van der Waals surface area contributed by atoms with Crippen molar-refractivity contribution in [2.75, 3.05) is 0 Å². The van der Waals surface area contributed by atoms with Gasteiger partial charge in [0.15, 0.2) is 5.70 Å². The molecule has 0 radical (unpaired) electrons. The molecule has 0 aromatic heterocycles. The first-order valence-electron chi connectivity index (χ1n) is 7.86. The predicted molar refractivity (Wildman–Crippen MR) is 97.7 cm³/mol. The molecule has 1 aliphatic rings. The van der Waals surface area contributed by atoms with E-state index in [0.29, 0.717) is 5.56 Å². The number of non-ortho nitro benzene ring substituents is 1. The normalized spacial score (nSPS) is 15.2. The number of nitro benzene ring substituents is 1. The van der Waals surface area contributed by atoms with E-state index in [9.17, 15) is 14.9 Å². The molecule has 4 rings (SSSR count). The summed E-state index contributed by atoms with van der Waals surface area (Å²) in [5.74, 6) is -0.523. The van der Waals surface area contributed by atoms with Crippen LogP contribution in [0.4, 0.5) is 5.69 Å². The Bertz CT molecular complexity index is 1120. The molecule has 3 aromatic carbocycles. The fourth-order valence-electron chi connectivity index (χ4n) is 2.74. The summed E-state index contributed by atoms with van der Waals surface area (Å²) in [6.45, 7) is 0. The smallest absolute Gasteiger partial charge is 0.363 e. The van der Waals surface area contributed by atoms with Gasteiger partial charge in [-0.1, -0.05) is 42.5 Å². The second-order valence-electron chi connectivity index (χ2n) is 5.75. The van der Waals surface area contributed by atoms with E-state index in [4.69, 9.17) is 4.74 Å². The van der Waals surface area contributed by atoms with E-state index in [1.54, 1.807) is 12.1 Å². The number of aliphatic imine (C=N–C) groups is 1. The van der Waals surface area contributed by atoms with Crippen molar-refractivity contribution in [3.05, 3.63) is 93.7 Å². The van der Waals surface area contributed by atoms with Crippen LogP contribution in [0.3, 0.4) is 0 Å². The summed E-state index contributed by atoms with van der Waals surface area (Å²) in [7, 11) is 0. The van der Waals surface area contributed by atoms with Gasteiger partial charge in [0.05, 0.1) is 4.92 Å². The molecule has 0 amide bonds. The molecular weight excluding hydrogens is 332 g/mol. The van der Waals surface area contributed by atoms with Gasteiger partial charge in [0.1, 0.15) is 0 Å². The van der Waals surface area contributed by atoms with Gasteiger partial charge in [0.25, 0.3) is 5.69 Å². The zero-order valence-corrected chi connectivity index (χ0v) is 13.5. The Morgan fingerprint density at radius 2 is 1.77 bits per heavy atom. The van der Waals surface area contributed by atoms with Crippen LogP contribution in [0.25, 0.3) is 16.8 Å². The predicted octanol–water partition coefficient (Wildman–Crippen LogP) is 4.09. The van der Waals surface area contributed by atoms with Crippen molar-refractivity contribution < 1.29 is 14.5 Å². The summed E-state index contributed by atoms with van der Waals surface area (Å²) in [4.78, 5) is 26.7. The number of carbonyl (C=O) groups is 1. The number of carbonyl (C=O) groups excluding carboxylic acids is 1. The van der Waals surface area contributed by atoms with Crippen LogP contribution in [0.15, 0.2) is 77.4 Å². The number of cyclic esters (lactones) is 1. The highest BCUT2D eigenvalue weighted by Gasteiger charge is 2.25. The highest BCUT2D eigenvalue weighted by atomic mass is 16.6. The number of rotatable bonds is 3. The second kappa shape index (κ2) is 6.25. The lowest BCUT2D eigenvalue weighted by Crippen LogP contribution is -2.05. The Morgan fingerprint density at radius 1 is 0.962 bits per heavy atom. The van der Waals surface area contributed by atoms with Crippen molar-refractivity contribution in [1.29, 1.82) is 0 Å². The van der Waals surface area contributed by atoms with Crippen LogP contribution in [0.1, 0.15) is 11.1 Å². The van der Waals surface area contributed by atoms with E-state index in [1.807, 2.05) is 42.5 Å². The van der Waals surface area contributed by atoms with Gasteiger partial charge in [0.2, 0.25) is 5.90 Å². The maximum absolute atomic E-state index is 12.1. The van der Waals surface area contributed by atoms with Gasteiger partial charge in [-0.2, -0.15) is 0 Å². The molecule has 126 valence electrons. The Balaban J connectivity index is 1.70. The number of esters is 1. The minimum absolute atomic E-state index is 0.0609. The molecule has 0 spiro atoms. The maximum atomic E-state index is 12.1. The van der Waals surface area contributed by atoms with Gasteiger partial charge in [-0.25, -0.2) is 9.79 Å². The van der Waals surface area contributed by atoms with Gasteiger partial charge in [-0.15, -0.1) is 0 Å². The number of nitro groups is 1. The lowest BCUT2D eigenvalue weighted by Gasteiger charge is -1.99. The summed E-state index contributed by atoms with van der Waals surface area (Å²) < 4.78 is 5.17. The average molecular weight is 344 g/mol. The third kappa shape index (κ3) is 2.95. The van der Waals surface area contributed by atoms with E-state index >= 15 is 0 Å². The summed E-state index contributed by atoms with van der Waals surface area (Å²) in [5, 5.41) is 13.0. The van der Waals surface area contributed by atoms with Gasteiger partial charge < -0.3 is 4.74 Å². The number of fused-ring (bicyclic) bond motifs is 1. The molecule has 1 heterocycles. The second-order valence-corrected chi connectivity index (χ2v) is 5.75. The molecule has 0 bridgehead atoms. The Hall–Kier alpha value is -3.80. The standard InChI is InChI=1S/C20H12N2O4/c23-20-18(11-13-8-9-14-4-1-2-5-15(14)10-13)21-19(26-20)16-6-3-7-17(12-16)22(24)25/h1-12H/b18-11+. The van der Waals surface area contributed by atoms with Crippen LogP contribution in [0.2, 0.25) is 0 Å². The van der Waals surface area contributed by atoms with Crippen molar-refractivity contribution in [1.82, 2.24) is 0 Å². The van der Waals surface area contributed by atoms with Crippen LogP contribution in [-0.4, -0.2) is 16.8 Å². The zero-order valence-electron chi connectivity index (χ0n) is 13.5. The van der Waals surface area contributed by atoms with Crippen LogP contribution >= 0.6 is 0 Å². The van der Waals surface area contributed by atoms with E-state index in [1.165, 1.54) is 18.2 Å². The molecule has 0 saturated heterocycles. The van der Waals surface area contributed by atoms with Crippen molar-refractivity contribution in [2.24, 2.45) is 4.99 Å². The van der Waals surface area contributed by atoms with Crippen LogP contribution < -0.4 is 0 Å². The number of hydrogen-bond donors (Lipinski definition) is 0. The average Bonchev–Trinajstić information content (AvgIpc) is 3.02. The van der Waals surface area contributed by atoms with Crippen molar-refractivity contribution in [3.63, 3.8) is 0 Å². The van der Waals surface area contributed by atoms with E-state index in [2.05, 4.69) is 4.99 Å². The van der Waals surface area contributed by atoms with E-state index < -0.39 is 10.9 Å². The fourth-order valence-corrected chi connectivity index (χ4v) is 2.74. The van der Waals surface area contributed by atoms with Gasteiger partial charge in [-0.05, 0) is 34.5 Å². The first kappa shape index (κ1) is 15.7. The Morgan fingerprint density at radius 3 is 2.58 bits per heavy atom. The molecule has 0 fully saturated rings. The van der Waals surface area contributed by atoms with Crippen LogP contribution in [-0.2, 0) is 9.53 Å². The van der Waals surface area contributed by atoms with E-state index in [-0.39, 0.29) is 17.3 Å². The highest BCUT2D eigenvalue weighted by Crippen LogP contribution is 2.23. The SMILES string of the molecule is O=C1OC(c2cccc([N+](=O)[O-])c2)=N/C1=C/c1ccc2ccccc2c1. The van der Waals surface area contributed by atoms with Gasteiger partial charge in [-0.3, -0.25) is 10.1 Å². The highest BCUT2D eigenvalue weighted by molar-refractivity contribution is 6.13. The molecule has 0 unspecified atom stereocenters. The lowest BCUT2D eigenvalue weighted by molar-refractivity contribution is -0.384. The molecule has 6 nitrogen and oxygen atoms in total. The van der Waals surface area contributed by atoms with Gasteiger partial charge in [0, 0.05) is 17.7 Å². The molecule has 6 heteroatoms. The zero-order chi connectivity index (χ0) is 18.1. The van der Waals surface area contributed by atoms with Gasteiger partial charge >= 0.3 is 5.97 Å². The summed E-state index contributed by atoms with van der Waals surface area (Å²) in [6, 6.07) is 19.5. The topological polar surface area (TPSA) is 81.8 Å². The Kier molecular flexibility index (Phi) is 3.78. The maximum Gasteiger partial charge on any atom is 0.363 e. The number of ether oxygens (including phenoxy) is 1. The third-order valence-electron chi connectivity index (χ3n) is 4.00. The third-order valence-corrected chi connectivity index (χ3v) is 4.00. The largest absolute Gasteiger partial charge is 0.402 e. The molecule has 3 aromatic rings. The monoisotopic (exact) mass is 344 g/mol. The van der Waals surface area contributed by atoms with Crippen molar-refractivity contribution >= 4 is 34.4 Å². The quantitative estimate of drug-likeness (QED) is 0.310. The van der Waals surface area contributed by atoms with E-state index in [0.717, 1.165) is 16.3 Å².